The molecule has 1 unspecified atom stereocenters. The van der Waals surface area contributed by atoms with Gasteiger partial charge in [0.1, 0.15) is 5.75 Å². The fourth-order valence-corrected chi connectivity index (χ4v) is 3.09. The van der Waals surface area contributed by atoms with E-state index in [1.165, 1.54) is 0 Å². The first-order valence-electron chi connectivity index (χ1n) is 8.21. The zero-order valence-electron chi connectivity index (χ0n) is 15.4. The van der Waals surface area contributed by atoms with Crippen molar-refractivity contribution in [2.24, 2.45) is 0 Å². The summed E-state index contributed by atoms with van der Waals surface area (Å²) < 4.78 is 30.4. The van der Waals surface area contributed by atoms with Gasteiger partial charge in [-0.1, -0.05) is 29.8 Å². The Morgan fingerprint density at radius 1 is 1.12 bits per heavy atom. The van der Waals surface area contributed by atoms with Gasteiger partial charge in [-0.05, 0) is 50.1 Å². The standard InChI is InChI=1S/C19H24N2O4S/c1-13-5-10-18(14(2)11-13)25-12-19(22)20-15(3)16-6-8-17(9-7-16)21-26(4,23)24/h5-11,15,21H,12H2,1-4H3,(H,20,22). The molecule has 2 aromatic rings. The van der Waals surface area contributed by atoms with Gasteiger partial charge in [0.2, 0.25) is 10.0 Å². The number of carbonyl (C=O) groups is 1. The molecule has 7 heteroatoms. The molecule has 0 aromatic heterocycles. The highest BCUT2D eigenvalue weighted by atomic mass is 32.2. The zero-order valence-corrected chi connectivity index (χ0v) is 16.2. The monoisotopic (exact) mass is 376 g/mol. The second kappa shape index (κ2) is 8.23. The van der Waals surface area contributed by atoms with Crippen LogP contribution in [0.3, 0.4) is 0 Å². The Morgan fingerprint density at radius 3 is 2.35 bits per heavy atom. The summed E-state index contributed by atoms with van der Waals surface area (Å²) in [4.78, 5) is 12.1. The number of benzene rings is 2. The Bertz CT molecular complexity index is 877. The lowest BCUT2D eigenvalue weighted by Gasteiger charge is -2.16. The van der Waals surface area contributed by atoms with Gasteiger partial charge in [-0.2, -0.15) is 0 Å². The maximum Gasteiger partial charge on any atom is 0.258 e. The highest BCUT2D eigenvalue weighted by Gasteiger charge is 2.11. The van der Waals surface area contributed by atoms with Crippen LogP contribution in [-0.2, 0) is 14.8 Å². The number of carbonyl (C=O) groups excluding carboxylic acids is 1. The molecular formula is C19H24N2O4S. The third-order valence-corrected chi connectivity index (χ3v) is 4.39. The van der Waals surface area contributed by atoms with Gasteiger partial charge in [-0.3, -0.25) is 9.52 Å². The predicted octanol–water partition coefficient (Wildman–Crippen LogP) is 2.93. The van der Waals surface area contributed by atoms with Crippen LogP contribution in [0.4, 0.5) is 5.69 Å². The van der Waals surface area contributed by atoms with Crippen LogP contribution >= 0.6 is 0 Å². The van der Waals surface area contributed by atoms with Gasteiger partial charge in [-0.25, -0.2) is 8.42 Å². The van der Waals surface area contributed by atoms with Crippen molar-refractivity contribution >= 4 is 21.6 Å². The molecule has 2 aromatic carbocycles. The largest absolute Gasteiger partial charge is 0.484 e. The van der Waals surface area contributed by atoms with E-state index in [0.717, 1.165) is 22.9 Å². The fraction of sp³-hybridized carbons (Fsp3) is 0.316. The van der Waals surface area contributed by atoms with E-state index in [2.05, 4.69) is 10.0 Å². The van der Waals surface area contributed by atoms with Crippen LogP contribution in [0.5, 0.6) is 5.75 Å². The van der Waals surface area contributed by atoms with Crippen molar-refractivity contribution in [3.8, 4) is 5.75 Å². The fourth-order valence-electron chi connectivity index (χ4n) is 2.52. The summed E-state index contributed by atoms with van der Waals surface area (Å²) in [5.41, 5.74) is 3.47. The van der Waals surface area contributed by atoms with Crippen molar-refractivity contribution in [1.29, 1.82) is 0 Å². The van der Waals surface area contributed by atoms with Gasteiger partial charge in [-0.15, -0.1) is 0 Å². The van der Waals surface area contributed by atoms with Crippen molar-refractivity contribution < 1.29 is 17.9 Å². The molecule has 0 aliphatic rings. The zero-order chi connectivity index (χ0) is 19.3. The maximum atomic E-state index is 12.1. The van der Waals surface area contributed by atoms with Gasteiger partial charge >= 0.3 is 0 Å². The summed E-state index contributed by atoms with van der Waals surface area (Å²) in [6.45, 7) is 5.73. The average Bonchev–Trinajstić information content (AvgIpc) is 2.53. The Morgan fingerprint density at radius 2 is 1.77 bits per heavy atom. The molecule has 1 atom stereocenters. The molecule has 140 valence electrons. The van der Waals surface area contributed by atoms with Crippen LogP contribution in [0, 0.1) is 13.8 Å². The second-order valence-corrected chi connectivity index (χ2v) is 8.09. The highest BCUT2D eigenvalue weighted by Crippen LogP contribution is 2.19. The summed E-state index contributed by atoms with van der Waals surface area (Å²) >= 11 is 0. The maximum absolute atomic E-state index is 12.1. The lowest BCUT2D eigenvalue weighted by atomic mass is 10.1. The molecule has 0 spiro atoms. The van der Waals surface area contributed by atoms with Crippen molar-refractivity contribution in [3.63, 3.8) is 0 Å². The van der Waals surface area contributed by atoms with Crippen molar-refractivity contribution in [1.82, 2.24) is 5.32 Å². The van der Waals surface area contributed by atoms with Crippen molar-refractivity contribution in [2.45, 2.75) is 26.8 Å². The van der Waals surface area contributed by atoms with Crippen LogP contribution in [0.1, 0.15) is 29.7 Å². The first kappa shape index (κ1) is 19.8. The first-order valence-corrected chi connectivity index (χ1v) is 10.1. The summed E-state index contributed by atoms with van der Waals surface area (Å²) in [6.07, 6.45) is 1.10. The molecule has 26 heavy (non-hydrogen) atoms. The Balaban J connectivity index is 1.90. The van der Waals surface area contributed by atoms with E-state index in [4.69, 9.17) is 4.74 Å². The number of hydrogen-bond acceptors (Lipinski definition) is 4. The van der Waals surface area contributed by atoms with E-state index in [1.807, 2.05) is 39.0 Å². The van der Waals surface area contributed by atoms with Crippen LogP contribution in [0.15, 0.2) is 42.5 Å². The van der Waals surface area contributed by atoms with Crippen LogP contribution in [-0.4, -0.2) is 27.2 Å². The summed E-state index contributed by atoms with van der Waals surface area (Å²) in [7, 11) is -3.31. The number of rotatable bonds is 7. The molecule has 0 fully saturated rings. The van der Waals surface area contributed by atoms with E-state index in [1.54, 1.807) is 24.3 Å². The van der Waals surface area contributed by atoms with Crippen LogP contribution in [0.2, 0.25) is 0 Å². The smallest absolute Gasteiger partial charge is 0.258 e. The normalized spacial score (nSPS) is 12.3. The minimum atomic E-state index is -3.31. The Labute approximate surface area is 154 Å². The molecule has 0 radical (unpaired) electrons. The second-order valence-electron chi connectivity index (χ2n) is 6.34. The number of ether oxygens (including phenoxy) is 1. The van der Waals surface area contributed by atoms with Crippen LogP contribution < -0.4 is 14.8 Å². The number of aryl methyl sites for hydroxylation is 2. The van der Waals surface area contributed by atoms with E-state index in [0.29, 0.717) is 11.4 Å². The number of amides is 1. The molecular weight excluding hydrogens is 352 g/mol. The third kappa shape index (κ3) is 6.07. The van der Waals surface area contributed by atoms with Gasteiger partial charge in [0, 0.05) is 5.69 Å². The number of anilines is 1. The van der Waals surface area contributed by atoms with E-state index in [9.17, 15) is 13.2 Å². The van der Waals surface area contributed by atoms with E-state index in [-0.39, 0.29) is 18.6 Å². The highest BCUT2D eigenvalue weighted by molar-refractivity contribution is 7.92. The van der Waals surface area contributed by atoms with Gasteiger partial charge in [0.05, 0.1) is 12.3 Å². The van der Waals surface area contributed by atoms with Crippen molar-refractivity contribution in [3.05, 3.63) is 59.2 Å². The third-order valence-electron chi connectivity index (χ3n) is 3.78. The molecule has 1 amide bonds. The van der Waals surface area contributed by atoms with Crippen LogP contribution in [0.25, 0.3) is 0 Å². The minimum Gasteiger partial charge on any atom is -0.484 e. The molecule has 0 aliphatic carbocycles. The lowest BCUT2D eigenvalue weighted by molar-refractivity contribution is -0.123. The lowest BCUT2D eigenvalue weighted by Crippen LogP contribution is -2.31. The van der Waals surface area contributed by atoms with Gasteiger partial charge in [0.15, 0.2) is 6.61 Å². The summed E-state index contributed by atoms with van der Waals surface area (Å²) in [5.74, 6) is 0.463. The average molecular weight is 376 g/mol. The Hall–Kier alpha value is -2.54. The van der Waals surface area contributed by atoms with E-state index >= 15 is 0 Å². The molecule has 0 bridgehead atoms. The van der Waals surface area contributed by atoms with Gasteiger partial charge in [0.25, 0.3) is 5.91 Å². The Kier molecular flexibility index (Phi) is 6.26. The minimum absolute atomic E-state index is 0.0675. The number of nitrogens with one attached hydrogen (secondary N) is 2. The molecule has 0 saturated heterocycles. The number of sulfonamides is 1. The van der Waals surface area contributed by atoms with Gasteiger partial charge < -0.3 is 10.1 Å². The van der Waals surface area contributed by atoms with Crippen molar-refractivity contribution in [2.75, 3.05) is 17.6 Å². The SMILES string of the molecule is Cc1ccc(OCC(=O)NC(C)c2ccc(NS(C)(=O)=O)cc2)c(C)c1. The molecule has 6 nitrogen and oxygen atoms in total. The molecule has 0 aliphatic heterocycles. The predicted molar refractivity (Wildman–Crippen MR) is 103 cm³/mol. The molecule has 0 heterocycles. The summed E-state index contributed by atoms with van der Waals surface area (Å²) in [6, 6.07) is 12.4. The molecule has 2 rings (SSSR count). The topological polar surface area (TPSA) is 84.5 Å². The quantitative estimate of drug-likeness (QED) is 0.778. The molecule has 2 N–H and O–H groups in total. The first-order chi connectivity index (χ1) is 12.1. The number of hydrogen-bond donors (Lipinski definition) is 2. The van der Waals surface area contributed by atoms with E-state index < -0.39 is 10.0 Å². The molecule has 0 saturated carbocycles. The summed E-state index contributed by atoms with van der Waals surface area (Å²) in [5, 5.41) is 2.86.